The lowest BCUT2D eigenvalue weighted by molar-refractivity contribution is -0.132. The Hall–Kier alpha value is -0.320. The Kier molecular flexibility index (Phi) is 4.98. The van der Waals surface area contributed by atoms with Crippen molar-refractivity contribution in [3.63, 3.8) is 0 Å². The van der Waals surface area contributed by atoms with Gasteiger partial charge >= 0.3 is 0 Å². The van der Waals surface area contributed by atoms with E-state index in [1.54, 1.807) is 7.11 Å². The maximum atomic E-state index is 12.0. The van der Waals surface area contributed by atoms with Crippen molar-refractivity contribution in [2.24, 2.45) is 28.9 Å². The first-order valence-electron chi connectivity index (χ1n) is 7.65. The predicted molar refractivity (Wildman–Crippen MR) is 80.7 cm³/mol. The molecule has 5 heteroatoms. The number of rotatable bonds is 5. The van der Waals surface area contributed by atoms with E-state index in [0.717, 1.165) is 24.3 Å². The van der Waals surface area contributed by atoms with Gasteiger partial charge in [-0.05, 0) is 61.7 Å². The molecule has 4 saturated carbocycles. The SMILES string of the molecule is COC(CN)C(=O)NCC12CC3CC(CC(C3)C1)C2.Cl. The summed E-state index contributed by atoms with van der Waals surface area (Å²) in [6.45, 7) is 1.08. The summed E-state index contributed by atoms with van der Waals surface area (Å²) in [6.07, 6.45) is 7.79. The first kappa shape index (κ1) is 16.1. The van der Waals surface area contributed by atoms with Gasteiger partial charge in [-0.2, -0.15) is 0 Å². The van der Waals surface area contributed by atoms with Crippen LogP contribution in [0.25, 0.3) is 0 Å². The van der Waals surface area contributed by atoms with E-state index in [1.807, 2.05) is 0 Å². The van der Waals surface area contributed by atoms with Crippen LogP contribution in [0.2, 0.25) is 0 Å². The molecule has 1 unspecified atom stereocenters. The topological polar surface area (TPSA) is 64.3 Å². The Labute approximate surface area is 127 Å². The van der Waals surface area contributed by atoms with E-state index in [4.69, 9.17) is 10.5 Å². The highest BCUT2D eigenvalue weighted by atomic mass is 35.5. The number of nitrogens with one attached hydrogen (secondary N) is 1. The molecule has 0 heterocycles. The third-order valence-corrected chi connectivity index (χ3v) is 5.59. The first-order valence-corrected chi connectivity index (χ1v) is 7.65. The number of ether oxygens (including phenoxy) is 1. The lowest BCUT2D eigenvalue weighted by Crippen LogP contribution is -2.52. The van der Waals surface area contributed by atoms with Gasteiger partial charge in [0.25, 0.3) is 0 Å². The molecule has 0 saturated heterocycles. The number of halogens is 1. The maximum absolute atomic E-state index is 12.0. The molecule has 4 aliphatic carbocycles. The van der Waals surface area contributed by atoms with Crippen molar-refractivity contribution in [2.75, 3.05) is 20.2 Å². The molecule has 3 N–H and O–H groups in total. The average molecular weight is 303 g/mol. The van der Waals surface area contributed by atoms with Gasteiger partial charge in [0, 0.05) is 20.2 Å². The van der Waals surface area contributed by atoms with Crippen molar-refractivity contribution in [1.29, 1.82) is 0 Å². The largest absolute Gasteiger partial charge is 0.370 e. The number of nitrogens with two attached hydrogens (primary N) is 1. The molecule has 1 amide bonds. The second-order valence-electron chi connectivity index (χ2n) is 7.10. The molecule has 4 fully saturated rings. The van der Waals surface area contributed by atoms with Gasteiger partial charge in [-0.15, -0.1) is 12.4 Å². The van der Waals surface area contributed by atoms with E-state index in [2.05, 4.69) is 5.32 Å². The Morgan fingerprint density at radius 3 is 2.15 bits per heavy atom. The molecule has 4 nitrogen and oxygen atoms in total. The van der Waals surface area contributed by atoms with Crippen LogP contribution in [0.15, 0.2) is 0 Å². The number of carbonyl (C=O) groups excluding carboxylic acids is 1. The standard InChI is InChI=1S/C15H26N2O2.ClH/c1-19-13(8-16)14(18)17-9-15-5-10-2-11(6-15)4-12(3-10)7-15;/h10-13H,2-9,16H2,1H3,(H,17,18);1H. The van der Waals surface area contributed by atoms with Gasteiger partial charge < -0.3 is 15.8 Å². The second kappa shape index (κ2) is 6.20. The zero-order valence-electron chi connectivity index (χ0n) is 12.3. The quantitative estimate of drug-likeness (QED) is 0.813. The van der Waals surface area contributed by atoms with Crippen LogP contribution in [0.5, 0.6) is 0 Å². The zero-order valence-corrected chi connectivity index (χ0v) is 13.1. The summed E-state index contributed by atoms with van der Waals surface area (Å²) < 4.78 is 5.10. The number of methoxy groups -OCH3 is 1. The van der Waals surface area contributed by atoms with E-state index in [9.17, 15) is 4.79 Å². The molecular weight excluding hydrogens is 276 g/mol. The van der Waals surface area contributed by atoms with Crippen LogP contribution < -0.4 is 11.1 Å². The molecule has 20 heavy (non-hydrogen) atoms. The smallest absolute Gasteiger partial charge is 0.250 e. The van der Waals surface area contributed by atoms with Gasteiger partial charge in [0.05, 0.1) is 0 Å². The third-order valence-electron chi connectivity index (χ3n) is 5.59. The number of hydrogen-bond acceptors (Lipinski definition) is 3. The van der Waals surface area contributed by atoms with Crippen LogP contribution in [-0.2, 0) is 9.53 Å². The molecule has 0 aliphatic heterocycles. The molecule has 1 atom stereocenters. The third kappa shape index (κ3) is 2.97. The van der Waals surface area contributed by atoms with Gasteiger partial charge in [0.2, 0.25) is 5.91 Å². The molecule has 4 bridgehead atoms. The predicted octanol–water partition coefficient (Wildman–Crippen LogP) is 1.71. The molecule has 0 aromatic heterocycles. The Bertz CT molecular complexity index is 322. The molecule has 0 aromatic rings. The van der Waals surface area contributed by atoms with Crippen molar-refractivity contribution >= 4 is 18.3 Å². The van der Waals surface area contributed by atoms with E-state index in [0.29, 0.717) is 5.41 Å². The van der Waals surface area contributed by atoms with Crippen molar-refractivity contribution in [2.45, 2.75) is 44.6 Å². The van der Waals surface area contributed by atoms with Crippen LogP contribution in [0.4, 0.5) is 0 Å². The van der Waals surface area contributed by atoms with Gasteiger partial charge in [-0.1, -0.05) is 0 Å². The van der Waals surface area contributed by atoms with Crippen molar-refractivity contribution in [3.8, 4) is 0 Å². The van der Waals surface area contributed by atoms with Crippen LogP contribution in [0.1, 0.15) is 38.5 Å². The lowest BCUT2D eigenvalue weighted by atomic mass is 9.49. The van der Waals surface area contributed by atoms with Gasteiger partial charge in [-0.3, -0.25) is 4.79 Å². The zero-order chi connectivity index (χ0) is 13.5. The fourth-order valence-corrected chi connectivity index (χ4v) is 5.21. The number of amides is 1. The van der Waals surface area contributed by atoms with Crippen molar-refractivity contribution in [1.82, 2.24) is 5.32 Å². The van der Waals surface area contributed by atoms with Gasteiger partial charge in [0.1, 0.15) is 6.10 Å². The molecule has 116 valence electrons. The van der Waals surface area contributed by atoms with E-state index >= 15 is 0 Å². The van der Waals surface area contributed by atoms with Crippen molar-refractivity contribution < 1.29 is 9.53 Å². The fraction of sp³-hybridized carbons (Fsp3) is 0.933. The summed E-state index contributed by atoms with van der Waals surface area (Å²) in [5.41, 5.74) is 5.92. The first-order chi connectivity index (χ1) is 9.14. The summed E-state index contributed by atoms with van der Waals surface area (Å²) in [6, 6.07) is 0. The minimum atomic E-state index is -0.492. The summed E-state index contributed by atoms with van der Waals surface area (Å²) in [5.74, 6) is 2.74. The molecule has 0 radical (unpaired) electrons. The van der Waals surface area contributed by atoms with Crippen LogP contribution >= 0.6 is 12.4 Å². The molecule has 0 spiro atoms. The van der Waals surface area contributed by atoms with E-state index in [1.165, 1.54) is 38.5 Å². The second-order valence-corrected chi connectivity index (χ2v) is 7.10. The van der Waals surface area contributed by atoms with E-state index in [-0.39, 0.29) is 24.9 Å². The molecule has 4 rings (SSSR count). The summed E-state index contributed by atoms with van der Waals surface area (Å²) in [4.78, 5) is 12.0. The number of carbonyl (C=O) groups is 1. The lowest BCUT2D eigenvalue weighted by Gasteiger charge is -2.57. The van der Waals surface area contributed by atoms with Gasteiger partial charge in [0.15, 0.2) is 0 Å². The van der Waals surface area contributed by atoms with Crippen LogP contribution in [0, 0.1) is 23.2 Å². The maximum Gasteiger partial charge on any atom is 0.250 e. The average Bonchev–Trinajstić information content (AvgIpc) is 2.36. The Morgan fingerprint density at radius 2 is 1.75 bits per heavy atom. The molecule has 0 aromatic carbocycles. The highest BCUT2D eigenvalue weighted by Crippen LogP contribution is 2.59. The minimum Gasteiger partial charge on any atom is -0.370 e. The monoisotopic (exact) mass is 302 g/mol. The molecular formula is C15H27ClN2O2. The van der Waals surface area contributed by atoms with Crippen molar-refractivity contribution in [3.05, 3.63) is 0 Å². The highest BCUT2D eigenvalue weighted by molar-refractivity contribution is 5.85. The van der Waals surface area contributed by atoms with Gasteiger partial charge in [-0.25, -0.2) is 0 Å². The Morgan fingerprint density at radius 1 is 1.25 bits per heavy atom. The summed E-state index contributed by atoms with van der Waals surface area (Å²) in [5, 5.41) is 3.10. The minimum absolute atomic E-state index is 0. The molecule has 4 aliphatic rings. The summed E-state index contributed by atoms with van der Waals surface area (Å²) >= 11 is 0. The summed E-state index contributed by atoms with van der Waals surface area (Å²) in [7, 11) is 1.54. The normalized spacial score (nSPS) is 39.2. The fourth-order valence-electron chi connectivity index (χ4n) is 5.21. The number of hydrogen-bond donors (Lipinski definition) is 2. The Balaban J connectivity index is 0.00000147. The van der Waals surface area contributed by atoms with Crippen LogP contribution in [-0.4, -0.2) is 32.2 Å². The van der Waals surface area contributed by atoms with E-state index < -0.39 is 6.10 Å². The van der Waals surface area contributed by atoms with Crippen LogP contribution in [0.3, 0.4) is 0 Å². The highest BCUT2D eigenvalue weighted by Gasteiger charge is 2.50.